The molecular weight excluding hydrogens is 296 g/mol. The number of hydrogen-bond acceptors (Lipinski definition) is 5. The van der Waals surface area contributed by atoms with Crippen LogP contribution in [0.5, 0.6) is 5.88 Å². The van der Waals surface area contributed by atoms with Crippen molar-refractivity contribution in [1.29, 1.82) is 0 Å². The molecule has 2 aromatic rings. The second-order valence-corrected chi connectivity index (χ2v) is 5.76. The third-order valence-electron chi connectivity index (χ3n) is 4.15. The van der Waals surface area contributed by atoms with Gasteiger partial charge in [0.2, 0.25) is 5.88 Å². The van der Waals surface area contributed by atoms with E-state index in [9.17, 15) is 14.7 Å². The van der Waals surface area contributed by atoms with Crippen LogP contribution in [0.1, 0.15) is 29.2 Å². The first kappa shape index (κ1) is 15.1. The topological polar surface area (TPSA) is 88.6 Å². The van der Waals surface area contributed by atoms with Crippen LogP contribution < -0.4 is 16.7 Å². The number of aryl methyl sites for hydroxylation is 1. The monoisotopic (exact) mass is 314 g/mol. The number of benzene rings is 1. The van der Waals surface area contributed by atoms with Crippen LogP contribution in [0.4, 0.5) is 0 Å². The SMILES string of the molecule is Cc1ccc(C2CC(c3c(O)n(C)c(=O)n(C)c3=O)=NN2)cc1. The highest BCUT2D eigenvalue weighted by Crippen LogP contribution is 2.25. The summed E-state index contributed by atoms with van der Waals surface area (Å²) in [7, 11) is 2.80. The van der Waals surface area contributed by atoms with Crippen molar-refractivity contribution < 1.29 is 5.11 Å². The van der Waals surface area contributed by atoms with Crippen molar-refractivity contribution in [1.82, 2.24) is 14.6 Å². The van der Waals surface area contributed by atoms with Gasteiger partial charge >= 0.3 is 5.69 Å². The zero-order chi connectivity index (χ0) is 16.7. The lowest BCUT2D eigenvalue weighted by Gasteiger charge is -2.11. The molecule has 2 N–H and O–H groups in total. The minimum atomic E-state index is -0.571. The molecule has 0 amide bonds. The Morgan fingerprint density at radius 1 is 1.17 bits per heavy atom. The maximum absolute atomic E-state index is 12.3. The second-order valence-electron chi connectivity index (χ2n) is 5.76. The molecule has 0 spiro atoms. The lowest BCUT2D eigenvalue weighted by Crippen LogP contribution is -2.39. The minimum absolute atomic E-state index is 0.0630. The van der Waals surface area contributed by atoms with Gasteiger partial charge in [-0.15, -0.1) is 0 Å². The van der Waals surface area contributed by atoms with Crippen molar-refractivity contribution in [3.63, 3.8) is 0 Å². The van der Waals surface area contributed by atoms with Gasteiger partial charge in [-0.2, -0.15) is 5.10 Å². The largest absolute Gasteiger partial charge is 0.494 e. The zero-order valence-electron chi connectivity index (χ0n) is 13.2. The Labute approximate surface area is 132 Å². The molecule has 1 unspecified atom stereocenters. The van der Waals surface area contributed by atoms with Crippen LogP contribution >= 0.6 is 0 Å². The van der Waals surface area contributed by atoms with Crippen LogP contribution in [0.25, 0.3) is 0 Å². The fraction of sp³-hybridized carbons (Fsp3) is 0.312. The van der Waals surface area contributed by atoms with E-state index < -0.39 is 11.2 Å². The number of hydrogen-bond donors (Lipinski definition) is 2. The summed E-state index contributed by atoms with van der Waals surface area (Å²) in [6, 6.07) is 7.97. The quantitative estimate of drug-likeness (QED) is 0.846. The zero-order valence-corrected chi connectivity index (χ0v) is 13.2. The summed E-state index contributed by atoms with van der Waals surface area (Å²) in [4.78, 5) is 24.1. The Morgan fingerprint density at radius 3 is 2.48 bits per heavy atom. The Hall–Kier alpha value is -2.83. The fourth-order valence-corrected chi connectivity index (χ4v) is 2.68. The molecule has 1 aromatic heterocycles. The summed E-state index contributed by atoms with van der Waals surface area (Å²) in [5.41, 5.74) is 4.60. The van der Waals surface area contributed by atoms with E-state index in [0.717, 1.165) is 20.3 Å². The molecule has 3 rings (SSSR count). The Kier molecular flexibility index (Phi) is 3.55. The first-order valence-electron chi connectivity index (χ1n) is 7.28. The highest BCUT2D eigenvalue weighted by Gasteiger charge is 2.27. The standard InChI is InChI=1S/C16H18N4O3/c1-9-4-6-10(7-5-9)11-8-12(18-17-11)13-14(21)19(2)16(23)20(3)15(13)22/h4-7,11,17,21H,8H2,1-3H3. The molecule has 7 nitrogen and oxygen atoms in total. The van der Waals surface area contributed by atoms with Crippen molar-refractivity contribution in [2.24, 2.45) is 19.2 Å². The molecule has 1 aliphatic rings. The van der Waals surface area contributed by atoms with Gasteiger partial charge in [-0.3, -0.25) is 13.9 Å². The molecule has 0 saturated carbocycles. The maximum Gasteiger partial charge on any atom is 0.333 e. The minimum Gasteiger partial charge on any atom is -0.494 e. The Morgan fingerprint density at radius 2 is 1.83 bits per heavy atom. The predicted octanol–water partition coefficient (Wildman–Crippen LogP) is 0.537. The van der Waals surface area contributed by atoms with Crippen molar-refractivity contribution in [2.75, 3.05) is 0 Å². The summed E-state index contributed by atoms with van der Waals surface area (Å²) in [6.45, 7) is 2.01. The van der Waals surface area contributed by atoms with Crippen LogP contribution in [-0.4, -0.2) is 20.0 Å². The highest BCUT2D eigenvalue weighted by molar-refractivity contribution is 6.03. The van der Waals surface area contributed by atoms with Crippen LogP contribution in [0.2, 0.25) is 0 Å². The molecule has 0 radical (unpaired) electrons. The third kappa shape index (κ3) is 2.44. The summed E-state index contributed by atoms with van der Waals surface area (Å²) in [6.07, 6.45) is 0.462. The van der Waals surface area contributed by atoms with Crippen LogP contribution in [0, 0.1) is 6.92 Å². The number of hydrazone groups is 1. The van der Waals surface area contributed by atoms with Gasteiger partial charge < -0.3 is 10.5 Å². The first-order valence-corrected chi connectivity index (χ1v) is 7.28. The van der Waals surface area contributed by atoms with E-state index in [1.54, 1.807) is 0 Å². The van der Waals surface area contributed by atoms with Crippen LogP contribution in [0.3, 0.4) is 0 Å². The Balaban J connectivity index is 1.98. The summed E-state index contributed by atoms with van der Waals surface area (Å²) in [5.74, 6) is -0.358. The number of aromatic hydroxyl groups is 1. The maximum atomic E-state index is 12.3. The summed E-state index contributed by atoms with van der Waals surface area (Å²) >= 11 is 0. The molecule has 1 aliphatic heterocycles. The van der Waals surface area contributed by atoms with Gasteiger partial charge in [-0.25, -0.2) is 4.79 Å². The lowest BCUT2D eigenvalue weighted by atomic mass is 9.99. The first-order chi connectivity index (χ1) is 10.9. The van der Waals surface area contributed by atoms with Gasteiger partial charge in [-0.05, 0) is 12.5 Å². The van der Waals surface area contributed by atoms with Crippen molar-refractivity contribution >= 4 is 5.71 Å². The number of nitrogens with one attached hydrogen (secondary N) is 1. The Bertz CT molecular complexity index is 907. The van der Waals surface area contributed by atoms with E-state index in [-0.39, 0.29) is 17.5 Å². The molecule has 0 saturated heterocycles. The molecule has 2 heterocycles. The van der Waals surface area contributed by atoms with E-state index >= 15 is 0 Å². The van der Waals surface area contributed by atoms with Crippen LogP contribution in [-0.2, 0) is 14.1 Å². The molecule has 23 heavy (non-hydrogen) atoms. The average molecular weight is 314 g/mol. The average Bonchev–Trinajstić information content (AvgIpc) is 3.01. The van der Waals surface area contributed by atoms with Gasteiger partial charge in [0.15, 0.2) is 0 Å². The molecule has 1 aromatic carbocycles. The van der Waals surface area contributed by atoms with Gasteiger partial charge in [0.05, 0.1) is 11.8 Å². The predicted molar refractivity (Wildman–Crippen MR) is 86.8 cm³/mol. The second kappa shape index (κ2) is 5.42. The lowest BCUT2D eigenvalue weighted by molar-refractivity contribution is 0.410. The van der Waals surface area contributed by atoms with E-state index in [1.807, 2.05) is 31.2 Å². The molecule has 1 atom stereocenters. The number of aromatic nitrogens is 2. The van der Waals surface area contributed by atoms with Gasteiger partial charge in [-0.1, -0.05) is 29.8 Å². The number of rotatable bonds is 2. The van der Waals surface area contributed by atoms with E-state index in [1.165, 1.54) is 14.1 Å². The smallest absolute Gasteiger partial charge is 0.333 e. The molecular formula is C16H18N4O3. The highest BCUT2D eigenvalue weighted by atomic mass is 16.3. The fourth-order valence-electron chi connectivity index (χ4n) is 2.68. The summed E-state index contributed by atoms with van der Waals surface area (Å²) < 4.78 is 2.01. The van der Waals surface area contributed by atoms with Gasteiger partial charge in [0, 0.05) is 20.5 Å². The molecule has 0 bridgehead atoms. The summed E-state index contributed by atoms with van der Waals surface area (Å²) in [5, 5.41) is 14.4. The van der Waals surface area contributed by atoms with Gasteiger partial charge in [0.1, 0.15) is 5.56 Å². The van der Waals surface area contributed by atoms with Gasteiger partial charge in [0.25, 0.3) is 5.56 Å². The molecule has 7 heteroatoms. The number of nitrogens with zero attached hydrogens (tertiary/aromatic N) is 3. The normalized spacial score (nSPS) is 17.0. The molecule has 0 aliphatic carbocycles. The van der Waals surface area contributed by atoms with Crippen molar-refractivity contribution in [3.8, 4) is 5.88 Å². The third-order valence-corrected chi connectivity index (χ3v) is 4.15. The van der Waals surface area contributed by atoms with E-state index in [2.05, 4.69) is 10.5 Å². The van der Waals surface area contributed by atoms with E-state index in [4.69, 9.17) is 0 Å². The molecule has 0 fully saturated rings. The molecule has 120 valence electrons. The van der Waals surface area contributed by atoms with Crippen molar-refractivity contribution in [3.05, 3.63) is 61.8 Å². The van der Waals surface area contributed by atoms with E-state index in [0.29, 0.717) is 12.1 Å². The van der Waals surface area contributed by atoms with Crippen molar-refractivity contribution in [2.45, 2.75) is 19.4 Å². The van der Waals surface area contributed by atoms with Crippen LogP contribution in [0.15, 0.2) is 39.0 Å².